The summed E-state index contributed by atoms with van der Waals surface area (Å²) >= 11 is 7.72. The van der Waals surface area contributed by atoms with Gasteiger partial charge in [0.15, 0.2) is 0 Å². The van der Waals surface area contributed by atoms with Crippen LogP contribution >= 0.6 is 22.9 Å². The number of nitrogens with zero attached hydrogens (tertiary/aromatic N) is 2. The van der Waals surface area contributed by atoms with E-state index in [0.29, 0.717) is 6.04 Å². The normalized spacial score (nSPS) is 12.6. The van der Waals surface area contributed by atoms with Crippen molar-refractivity contribution in [3.05, 3.63) is 33.8 Å². The zero-order chi connectivity index (χ0) is 14.5. The van der Waals surface area contributed by atoms with E-state index in [4.69, 9.17) is 11.6 Å². The number of rotatable bonds is 6. The van der Waals surface area contributed by atoms with E-state index in [-0.39, 0.29) is 0 Å². The SMILES string of the molecule is CCCNC(CC)c1nnc(-c2ccc(Cl)c(C)c2)s1. The van der Waals surface area contributed by atoms with Crippen LogP contribution in [0.5, 0.6) is 0 Å². The maximum atomic E-state index is 6.06. The molecule has 0 aliphatic rings. The van der Waals surface area contributed by atoms with Crippen LogP contribution in [0.4, 0.5) is 0 Å². The minimum Gasteiger partial charge on any atom is -0.308 e. The van der Waals surface area contributed by atoms with Crippen LogP contribution in [0.15, 0.2) is 18.2 Å². The summed E-state index contributed by atoms with van der Waals surface area (Å²) in [4.78, 5) is 0. The summed E-state index contributed by atoms with van der Waals surface area (Å²) in [6.07, 6.45) is 2.15. The molecule has 1 N–H and O–H groups in total. The molecule has 0 saturated heterocycles. The molecule has 0 saturated carbocycles. The third kappa shape index (κ3) is 3.57. The van der Waals surface area contributed by atoms with Crippen LogP contribution in [-0.4, -0.2) is 16.7 Å². The standard InChI is InChI=1S/C15H20ClN3S/c1-4-8-17-13(5-2)15-19-18-14(20-15)11-6-7-12(16)10(3)9-11/h6-7,9,13,17H,4-5,8H2,1-3H3. The molecule has 0 bridgehead atoms. The second-order valence-corrected chi connectivity index (χ2v) is 6.24. The maximum Gasteiger partial charge on any atom is 0.147 e. The summed E-state index contributed by atoms with van der Waals surface area (Å²) in [6.45, 7) is 7.35. The molecule has 2 aromatic rings. The Kier molecular flexibility index (Phi) is 5.52. The molecule has 1 aromatic carbocycles. The van der Waals surface area contributed by atoms with Crippen molar-refractivity contribution in [1.29, 1.82) is 0 Å². The summed E-state index contributed by atoms with van der Waals surface area (Å²) < 4.78 is 0. The highest BCUT2D eigenvalue weighted by Crippen LogP contribution is 2.30. The summed E-state index contributed by atoms with van der Waals surface area (Å²) in [5.41, 5.74) is 2.15. The van der Waals surface area contributed by atoms with Gasteiger partial charge in [-0.1, -0.05) is 42.9 Å². The Morgan fingerprint density at radius 1 is 1.30 bits per heavy atom. The predicted molar refractivity (Wildman–Crippen MR) is 86.4 cm³/mol. The summed E-state index contributed by atoms with van der Waals surface area (Å²) in [6, 6.07) is 6.28. The number of nitrogens with one attached hydrogen (secondary N) is 1. The molecule has 108 valence electrons. The molecule has 1 aromatic heterocycles. The number of benzene rings is 1. The van der Waals surface area contributed by atoms with E-state index in [1.165, 1.54) is 0 Å². The van der Waals surface area contributed by atoms with Crippen molar-refractivity contribution in [3.8, 4) is 10.6 Å². The maximum absolute atomic E-state index is 6.06. The zero-order valence-electron chi connectivity index (χ0n) is 12.1. The summed E-state index contributed by atoms with van der Waals surface area (Å²) in [7, 11) is 0. The molecule has 1 unspecified atom stereocenters. The summed E-state index contributed by atoms with van der Waals surface area (Å²) in [5, 5.41) is 15.0. The van der Waals surface area contributed by atoms with Crippen LogP contribution in [-0.2, 0) is 0 Å². The smallest absolute Gasteiger partial charge is 0.147 e. The van der Waals surface area contributed by atoms with E-state index in [0.717, 1.165) is 45.6 Å². The molecule has 0 spiro atoms. The average molecular weight is 310 g/mol. The average Bonchev–Trinajstić information content (AvgIpc) is 2.92. The van der Waals surface area contributed by atoms with Crippen LogP contribution in [0, 0.1) is 6.92 Å². The molecule has 0 aliphatic heterocycles. The number of hydrogen-bond acceptors (Lipinski definition) is 4. The highest BCUT2D eigenvalue weighted by molar-refractivity contribution is 7.14. The van der Waals surface area contributed by atoms with Gasteiger partial charge in [-0.05, 0) is 44.0 Å². The van der Waals surface area contributed by atoms with Gasteiger partial charge < -0.3 is 5.32 Å². The molecular weight excluding hydrogens is 290 g/mol. The van der Waals surface area contributed by atoms with Crippen molar-refractivity contribution in [2.24, 2.45) is 0 Å². The minimum absolute atomic E-state index is 0.301. The van der Waals surface area contributed by atoms with Crippen LogP contribution in [0.1, 0.15) is 43.3 Å². The minimum atomic E-state index is 0.301. The molecule has 0 aliphatic carbocycles. The fourth-order valence-electron chi connectivity index (χ4n) is 1.99. The Morgan fingerprint density at radius 3 is 2.75 bits per heavy atom. The van der Waals surface area contributed by atoms with Crippen molar-refractivity contribution >= 4 is 22.9 Å². The second kappa shape index (κ2) is 7.16. The van der Waals surface area contributed by atoms with Gasteiger partial charge in [-0.25, -0.2) is 0 Å². The first kappa shape index (κ1) is 15.4. The molecule has 5 heteroatoms. The number of halogens is 1. The third-order valence-corrected chi connectivity index (χ3v) is 4.70. The first-order valence-corrected chi connectivity index (χ1v) is 8.18. The topological polar surface area (TPSA) is 37.8 Å². The number of aryl methyl sites for hydroxylation is 1. The van der Waals surface area contributed by atoms with E-state index in [9.17, 15) is 0 Å². The lowest BCUT2D eigenvalue weighted by Gasteiger charge is -2.12. The quantitative estimate of drug-likeness (QED) is 0.846. The fourth-order valence-corrected chi connectivity index (χ4v) is 3.11. The van der Waals surface area contributed by atoms with Gasteiger partial charge in [-0.2, -0.15) is 0 Å². The molecule has 2 rings (SSSR count). The van der Waals surface area contributed by atoms with Crippen molar-refractivity contribution < 1.29 is 0 Å². The van der Waals surface area contributed by atoms with Gasteiger partial charge in [0.25, 0.3) is 0 Å². The van der Waals surface area contributed by atoms with E-state index in [2.05, 4.69) is 35.4 Å². The molecule has 1 heterocycles. The molecular formula is C15H20ClN3S. The molecule has 0 fully saturated rings. The van der Waals surface area contributed by atoms with E-state index in [1.54, 1.807) is 11.3 Å². The molecule has 0 radical (unpaired) electrons. The Labute approximate surface area is 129 Å². The number of hydrogen-bond donors (Lipinski definition) is 1. The van der Waals surface area contributed by atoms with Crippen LogP contribution < -0.4 is 5.32 Å². The lowest BCUT2D eigenvalue weighted by atomic mass is 10.1. The van der Waals surface area contributed by atoms with E-state index < -0.39 is 0 Å². The molecule has 0 amide bonds. The lowest BCUT2D eigenvalue weighted by molar-refractivity contribution is 0.513. The van der Waals surface area contributed by atoms with Crippen molar-refractivity contribution in [3.63, 3.8) is 0 Å². The van der Waals surface area contributed by atoms with Crippen LogP contribution in [0.3, 0.4) is 0 Å². The van der Waals surface area contributed by atoms with Crippen LogP contribution in [0.2, 0.25) is 5.02 Å². The van der Waals surface area contributed by atoms with Gasteiger partial charge in [-0.3, -0.25) is 0 Å². The van der Waals surface area contributed by atoms with E-state index >= 15 is 0 Å². The van der Waals surface area contributed by atoms with Gasteiger partial charge in [0.1, 0.15) is 10.0 Å². The Morgan fingerprint density at radius 2 is 2.10 bits per heavy atom. The second-order valence-electron chi connectivity index (χ2n) is 4.82. The first-order valence-electron chi connectivity index (χ1n) is 6.99. The first-order chi connectivity index (χ1) is 9.65. The highest BCUT2D eigenvalue weighted by Gasteiger charge is 2.15. The van der Waals surface area contributed by atoms with Gasteiger partial charge >= 0.3 is 0 Å². The van der Waals surface area contributed by atoms with Crippen molar-refractivity contribution in [1.82, 2.24) is 15.5 Å². The lowest BCUT2D eigenvalue weighted by Crippen LogP contribution is -2.21. The van der Waals surface area contributed by atoms with Gasteiger partial charge in [0, 0.05) is 10.6 Å². The van der Waals surface area contributed by atoms with Gasteiger partial charge in [0.05, 0.1) is 6.04 Å². The Hall–Kier alpha value is -0.970. The zero-order valence-corrected chi connectivity index (χ0v) is 13.7. The monoisotopic (exact) mass is 309 g/mol. The fraction of sp³-hybridized carbons (Fsp3) is 0.467. The third-order valence-electron chi connectivity index (χ3n) is 3.19. The largest absolute Gasteiger partial charge is 0.308 e. The van der Waals surface area contributed by atoms with E-state index in [1.807, 2.05) is 19.1 Å². The van der Waals surface area contributed by atoms with Crippen molar-refractivity contribution in [2.45, 2.75) is 39.7 Å². The Bertz CT molecular complexity index is 568. The summed E-state index contributed by atoms with van der Waals surface area (Å²) in [5.74, 6) is 0. The molecule has 3 nitrogen and oxygen atoms in total. The van der Waals surface area contributed by atoms with Crippen LogP contribution in [0.25, 0.3) is 10.6 Å². The number of aromatic nitrogens is 2. The van der Waals surface area contributed by atoms with Crippen molar-refractivity contribution in [2.75, 3.05) is 6.54 Å². The molecule has 1 atom stereocenters. The highest BCUT2D eigenvalue weighted by atomic mass is 35.5. The van der Waals surface area contributed by atoms with Gasteiger partial charge in [0.2, 0.25) is 0 Å². The Balaban J connectivity index is 2.20. The van der Waals surface area contributed by atoms with Gasteiger partial charge in [-0.15, -0.1) is 10.2 Å². The molecule has 20 heavy (non-hydrogen) atoms. The predicted octanol–water partition coefficient (Wildman–Crippen LogP) is 4.62.